The van der Waals surface area contributed by atoms with Crippen LogP contribution in [0.3, 0.4) is 0 Å². The van der Waals surface area contributed by atoms with Gasteiger partial charge in [-0.05, 0) is 37.8 Å². The molecule has 4 heterocycles. The van der Waals surface area contributed by atoms with Crippen molar-refractivity contribution in [1.29, 1.82) is 0 Å². The second-order valence-corrected chi connectivity index (χ2v) is 7.47. The number of rotatable bonds is 4. The molecular formula is C20H22N8O2. The molecule has 154 valence electrons. The minimum atomic E-state index is 0.0212. The van der Waals surface area contributed by atoms with Crippen molar-refractivity contribution in [3.63, 3.8) is 0 Å². The Hall–Kier alpha value is -3.40. The number of carbonyl (C=O) groups is 1. The number of pyridine rings is 1. The Morgan fingerprint density at radius 3 is 2.63 bits per heavy atom. The van der Waals surface area contributed by atoms with E-state index in [1.54, 1.807) is 19.5 Å². The van der Waals surface area contributed by atoms with Gasteiger partial charge in [0, 0.05) is 24.9 Å². The van der Waals surface area contributed by atoms with Crippen molar-refractivity contribution in [3.05, 3.63) is 30.9 Å². The molecule has 10 nitrogen and oxygen atoms in total. The molecule has 0 aromatic carbocycles. The third-order valence-corrected chi connectivity index (χ3v) is 5.70. The largest absolute Gasteiger partial charge is 0.381 e. The first-order valence-electron chi connectivity index (χ1n) is 10.0. The zero-order valence-electron chi connectivity index (χ0n) is 16.6. The van der Waals surface area contributed by atoms with Gasteiger partial charge in [0.05, 0.1) is 24.5 Å². The van der Waals surface area contributed by atoms with E-state index in [0.717, 1.165) is 31.2 Å². The van der Waals surface area contributed by atoms with Gasteiger partial charge < -0.3 is 10.1 Å². The second kappa shape index (κ2) is 7.79. The van der Waals surface area contributed by atoms with Crippen molar-refractivity contribution in [1.82, 2.24) is 30.1 Å². The van der Waals surface area contributed by atoms with Crippen LogP contribution in [0.2, 0.25) is 0 Å². The van der Waals surface area contributed by atoms with Gasteiger partial charge in [-0.15, -0.1) is 0 Å². The maximum Gasteiger partial charge on any atom is 0.247 e. The summed E-state index contributed by atoms with van der Waals surface area (Å²) in [6.45, 7) is 0.234. The van der Waals surface area contributed by atoms with E-state index in [1.165, 1.54) is 6.33 Å². The van der Waals surface area contributed by atoms with Gasteiger partial charge in [0.15, 0.2) is 17.5 Å². The molecule has 1 amide bonds. The van der Waals surface area contributed by atoms with E-state index in [4.69, 9.17) is 9.72 Å². The molecule has 30 heavy (non-hydrogen) atoms. The predicted molar refractivity (Wildman–Crippen MR) is 110 cm³/mol. The third kappa shape index (κ3) is 3.39. The highest BCUT2D eigenvalue weighted by Gasteiger charge is 2.35. The van der Waals surface area contributed by atoms with E-state index in [2.05, 4.69) is 30.5 Å². The number of amides is 1. The van der Waals surface area contributed by atoms with Crippen molar-refractivity contribution >= 4 is 17.5 Å². The van der Waals surface area contributed by atoms with Crippen molar-refractivity contribution in [3.8, 4) is 22.8 Å². The van der Waals surface area contributed by atoms with Crippen LogP contribution in [0.1, 0.15) is 25.7 Å². The molecule has 0 radical (unpaired) electrons. The number of H-pyrrole nitrogens is 1. The van der Waals surface area contributed by atoms with Gasteiger partial charge in [0.1, 0.15) is 12.0 Å². The minimum absolute atomic E-state index is 0.0212. The molecule has 0 bridgehead atoms. The van der Waals surface area contributed by atoms with Crippen molar-refractivity contribution < 1.29 is 9.53 Å². The predicted octanol–water partition coefficient (Wildman–Crippen LogP) is 2.04. The monoisotopic (exact) mass is 406 g/mol. The lowest BCUT2D eigenvalue weighted by Gasteiger charge is -2.38. The summed E-state index contributed by atoms with van der Waals surface area (Å²) < 4.78 is 5.47. The lowest BCUT2D eigenvalue weighted by atomic mass is 9.91. The Kier molecular flexibility index (Phi) is 4.83. The molecule has 3 aromatic heterocycles. The molecule has 2 N–H and O–H groups in total. The zero-order valence-corrected chi connectivity index (χ0v) is 16.6. The van der Waals surface area contributed by atoms with E-state index in [-0.39, 0.29) is 24.6 Å². The highest BCUT2D eigenvalue weighted by atomic mass is 16.5. The number of aromatic nitrogens is 6. The Balaban J connectivity index is 1.44. The summed E-state index contributed by atoms with van der Waals surface area (Å²) in [6.07, 6.45) is 8.86. The number of ether oxygens (including phenoxy) is 1. The first kappa shape index (κ1) is 18.6. The fourth-order valence-corrected chi connectivity index (χ4v) is 4.10. The van der Waals surface area contributed by atoms with Gasteiger partial charge in [-0.1, -0.05) is 0 Å². The number of hydrogen-bond donors (Lipinski definition) is 2. The highest BCUT2D eigenvalue weighted by molar-refractivity contribution is 6.01. The van der Waals surface area contributed by atoms with Crippen molar-refractivity contribution in [2.45, 2.75) is 37.8 Å². The summed E-state index contributed by atoms with van der Waals surface area (Å²) in [4.78, 5) is 32.4. The normalized spacial score (nSPS) is 21.2. The molecule has 0 unspecified atom stereocenters. The number of anilines is 2. The number of nitrogens with zero attached hydrogens (tertiary/aromatic N) is 6. The quantitative estimate of drug-likeness (QED) is 0.675. The van der Waals surface area contributed by atoms with Crippen LogP contribution in [0.4, 0.5) is 11.6 Å². The Bertz CT molecular complexity index is 1030. The smallest absolute Gasteiger partial charge is 0.247 e. The molecule has 1 saturated carbocycles. The summed E-state index contributed by atoms with van der Waals surface area (Å²) in [7, 11) is 1.75. The van der Waals surface area contributed by atoms with Gasteiger partial charge in [0.25, 0.3) is 0 Å². The van der Waals surface area contributed by atoms with Crippen LogP contribution in [0.25, 0.3) is 22.8 Å². The fraction of sp³-hybridized carbons (Fsp3) is 0.400. The van der Waals surface area contributed by atoms with Crippen LogP contribution in [0.15, 0.2) is 30.9 Å². The first-order chi connectivity index (χ1) is 14.7. The number of methoxy groups -OCH3 is 1. The van der Waals surface area contributed by atoms with Crippen LogP contribution >= 0.6 is 0 Å². The van der Waals surface area contributed by atoms with Gasteiger partial charge in [-0.2, -0.15) is 5.10 Å². The first-order valence-corrected chi connectivity index (χ1v) is 10.0. The topological polar surface area (TPSA) is 122 Å². The van der Waals surface area contributed by atoms with Crippen molar-refractivity contribution in [2.75, 3.05) is 23.9 Å². The van der Waals surface area contributed by atoms with Crippen LogP contribution in [-0.4, -0.2) is 61.8 Å². The van der Waals surface area contributed by atoms with E-state index < -0.39 is 0 Å². The average Bonchev–Trinajstić information content (AvgIpc) is 3.34. The van der Waals surface area contributed by atoms with Gasteiger partial charge in [0.2, 0.25) is 5.91 Å². The van der Waals surface area contributed by atoms with Gasteiger partial charge in [-0.25, -0.2) is 15.0 Å². The number of hydrogen-bond acceptors (Lipinski definition) is 8. The molecule has 1 aliphatic heterocycles. The van der Waals surface area contributed by atoms with Crippen LogP contribution in [0, 0.1) is 0 Å². The molecular weight excluding hydrogens is 384 g/mol. The van der Waals surface area contributed by atoms with Crippen molar-refractivity contribution in [2.24, 2.45) is 0 Å². The molecule has 0 spiro atoms. The molecule has 0 atom stereocenters. The maximum atomic E-state index is 12.8. The van der Waals surface area contributed by atoms with Crippen LogP contribution in [0.5, 0.6) is 0 Å². The molecule has 3 aromatic rings. The number of nitrogens with one attached hydrogen (secondary N) is 2. The third-order valence-electron chi connectivity index (χ3n) is 5.70. The van der Waals surface area contributed by atoms with E-state index >= 15 is 0 Å². The number of aromatic amines is 1. The molecule has 1 fully saturated rings. The SMILES string of the molecule is CO[C@H]1CC[C@H](N2C(=O)CNc3ncc(-c4ccc(-c5nc[nH]n5)nc4)nc32)CC1. The summed E-state index contributed by atoms with van der Waals surface area (Å²) in [5, 5.41) is 9.80. The van der Waals surface area contributed by atoms with E-state index in [1.807, 2.05) is 17.0 Å². The Labute approximate surface area is 173 Å². The standard InChI is InChI=1S/C20H22N8O2/c1-30-14-5-3-13(4-6-14)28-17(29)10-23-19-20(28)26-16(9-22-19)12-2-7-15(21-8-12)18-24-11-25-27-18/h2,7-9,11,13-14H,3-6,10H2,1H3,(H,22,23)(H,24,25,27)/t13-,14-. The van der Waals surface area contributed by atoms with E-state index in [0.29, 0.717) is 28.8 Å². The Morgan fingerprint density at radius 1 is 1.07 bits per heavy atom. The molecule has 10 heteroatoms. The summed E-state index contributed by atoms with van der Waals surface area (Å²) in [5.41, 5.74) is 2.14. The maximum absolute atomic E-state index is 12.8. The molecule has 0 saturated heterocycles. The summed E-state index contributed by atoms with van der Waals surface area (Å²) in [5.74, 6) is 1.78. The molecule has 5 rings (SSSR count). The number of fused-ring (bicyclic) bond motifs is 1. The molecule has 1 aliphatic carbocycles. The highest BCUT2D eigenvalue weighted by Crippen LogP contribution is 2.34. The van der Waals surface area contributed by atoms with Gasteiger partial charge in [-0.3, -0.25) is 19.8 Å². The van der Waals surface area contributed by atoms with Crippen LogP contribution < -0.4 is 10.2 Å². The van der Waals surface area contributed by atoms with E-state index in [9.17, 15) is 4.79 Å². The fourth-order valence-electron chi connectivity index (χ4n) is 4.10. The van der Waals surface area contributed by atoms with Crippen LogP contribution in [-0.2, 0) is 9.53 Å². The lowest BCUT2D eigenvalue weighted by Crippen LogP contribution is -2.49. The summed E-state index contributed by atoms with van der Waals surface area (Å²) in [6, 6.07) is 3.86. The van der Waals surface area contributed by atoms with Gasteiger partial charge >= 0.3 is 0 Å². The average molecular weight is 406 g/mol. The second-order valence-electron chi connectivity index (χ2n) is 7.47. The summed E-state index contributed by atoms with van der Waals surface area (Å²) >= 11 is 0. The zero-order chi connectivity index (χ0) is 20.5. The Morgan fingerprint density at radius 2 is 1.93 bits per heavy atom. The lowest BCUT2D eigenvalue weighted by molar-refractivity contribution is -0.118. The number of carbonyl (C=O) groups excluding carboxylic acids is 1. The molecule has 2 aliphatic rings. The minimum Gasteiger partial charge on any atom is -0.381 e.